The van der Waals surface area contributed by atoms with E-state index in [0.717, 1.165) is 11.3 Å². The highest BCUT2D eigenvalue weighted by atomic mass is 32.2. The number of fused-ring (bicyclic) bond motifs is 1. The maximum atomic E-state index is 12.7. The van der Waals surface area contributed by atoms with Crippen LogP contribution in [-0.4, -0.2) is 52.6 Å². The van der Waals surface area contributed by atoms with Crippen LogP contribution in [0.25, 0.3) is 5.65 Å². The number of aryl methyl sites for hydroxylation is 1. The Morgan fingerprint density at radius 3 is 2.75 bits per heavy atom. The molecule has 1 aromatic carbocycles. The molecule has 0 aliphatic carbocycles. The van der Waals surface area contributed by atoms with E-state index >= 15 is 0 Å². The number of benzene rings is 1. The Balaban J connectivity index is 1.60. The van der Waals surface area contributed by atoms with Gasteiger partial charge in [-0.3, -0.25) is 9.20 Å². The topological polar surface area (TPSA) is 96.7 Å². The summed E-state index contributed by atoms with van der Waals surface area (Å²) in [6.07, 6.45) is 3.59. The number of pyridine rings is 1. The summed E-state index contributed by atoms with van der Waals surface area (Å²) in [7, 11) is -3.23. The first kappa shape index (κ1) is 18.6. The summed E-state index contributed by atoms with van der Waals surface area (Å²) in [5, 5.41) is 11.3. The highest BCUT2D eigenvalue weighted by Gasteiger charge is 2.32. The van der Waals surface area contributed by atoms with Gasteiger partial charge in [0.15, 0.2) is 5.65 Å². The van der Waals surface area contributed by atoms with Crippen LogP contribution in [0.2, 0.25) is 0 Å². The van der Waals surface area contributed by atoms with Crippen molar-refractivity contribution < 1.29 is 13.2 Å². The van der Waals surface area contributed by atoms with Gasteiger partial charge in [-0.05, 0) is 43.2 Å². The van der Waals surface area contributed by atoms with Gasteiger partial charge in [0.1, 0.15) is 5.82 Å². The Morgan fingerprint density at radius 2 is 2.04 bits per heavy atom. The van der Waals surface area contributed by atoms with Gasteiger partial charge in [-0.1, -0.05) is 12.1 Å². The maximum absolute atomic E-state index is 12.7. The van der Waals surface area contributed by atoms with E-state index in [1.54, 1.807) is 22.7 Å². The summed E-state index contributed by atoms with van der Waals surface area (Å²) in [6, 6.07) is 11.0. The smallest absolute Gasteiger partial charge is 0.257 e. The van der Waals surface area contributed by atoms with Crippen molar-refractivity contribution in [1.82, 2.24) is 18.9 Å². The number of nitrogens with one attached hydrogen (secondary N) is 1. The third-order valence-corrected chi connectivity index (χ3v) is 6.22. The number of rotatable bonds is 4. The molecule has 2 aromatic heterocycles. The van der Waals surface area contributed by atoms with Crippen molar-refractivity contribution in [3.05, 3.63) is 59.5 Å². The van der Waals surface area contributed by atoms with E-state index in [1.807, 2.05) is 31.2 Å². The second-order valence-electron chi connectivity index (χ2n) is 7.13. The van der Waals surface area contributed by atoms with Crippen LogP contribution in [0.5, 0.6) is 0 Å². The normalized spacial score (nSPS) is 17.9. The lowest BCUT2D eigenvalue weighted by Crippen LogP contribution is -2.27. The molecule has 1 saturated heterocycles. The van der Waals surface area contributed by atoms with Crippen molar-refractivity contribution in [2.45, 2.75) is 19.3 Å². The first-order valence-corrected chi connectivity index (χ1v) is 10.8. The molecule has 3 heterocycles. The summed E-state index contributed by atoms with van der Waals surface area (Å²) in [6.45, 7) is 2.80. The highest BCUT2D eigenvalue weighted by molar-refractivity contribution is 7.88. The van der Waals surface area contributed by atoms with Crippen LogP contribution >= 0.6 is 0 Å². The standard InChI is InChI=1S/C19H21N5O3S/c1-13-4-3-5-16(10-13)20-19(25)15-6-7-17-21-22-18(24(17)12-15)14-8-9-23(11-14)28(2,26)27/h3-7,10,12,14H,8-9,11H2,1-2H3,(H,20,25). The second-order valence-corrected chi connectivity index (χ2v) is 9.12. The predicted molar refractivity (Wildman–Crippen MR) is 106 cm³/mol. The molecular weight excluding hydrogens is 378 g/mol. The van der Waals surface area contributed by atoms with E-state index in [9.17, 15) is 13.2 Å². The number of hydrogen-bond donors (Lipinski definition) is 1. The lowest BCUT2D eigenvalue weighted by atomic mass is 10.1. The number of sulfonamides is 1. The van der Waals surface area contributed by atoms with Gasteiger partial charge in [0.2, 0.25) is 10.0 Å². The molecular formula is C19H21N5O3S. The van der Waals surface area contributed by atoms with Crippen molar-refractivity contribution >= 4 is 27.3 Å². The molecule has 0 radical (unpaired) electrons. The molecule has 146 valence electrons. The molecule has 1 atom stereocenters. The molecule has 28 heavy (non-hydrogen) atoms. The number of amides is 1. The Morgan fingerprint density at radius 1 is 1.21 bits per heavy atom. The molecule has 1 N–H and O–H groups in total. The van der Waals surface area contributed by atoms with Crippen molar-refractivity contribution in [1.29, 1.82) is 0 Å². The first-order chi connectivity index (χ1) is 13.3. The van der Waals surface area contributed by atoms with Crippen molar-refractivity contribution in [3.8, 4) is 0 Å². The van der Waals surface area contributed by atoms with Crippen LogP contribution in [0.15, 0.2) is 42.6 Å². The maximum Gasteiger partial charge on any atom is 0.257 e. The molecule has 9 heteroatoms. The molecule has 3 aromatic rings. The zero-order valence-corrected chi connectivity index (χ0v) is 16.5. The largest absolute Gasteiger partial charge is 0.322 e. The lowest BCUT2D eigenvalue weighted by molar-refractivity contribution is 0.102. The average molecular weight is 399 g/mol. The fraction of sp³-hybridized carbons (Fsp3) is 0.316. The van der Waals surface area contributed by atoms with Gasteiger partial charge in [0, 0.05) is 30.9 Å². The number of nitrogens with zero attached hydrogens (tertiary/aromatic N) is 4. The Hall–Kier alpha value is -2.78. The first-order valence-electron chi connectivity index (χ1n) is 8.99. The molecule has 8 nitrogen and oxygen atoms in total. The fourth-order valence-electron chi connectivity index (χ4n) is 3.49. The summed E-state index contributed by atoms with van der Waals surface area (Å²) in [4.78, 5) is 12.7. The quantitative estimate of drug-likeness (QED) is 0.724. The van der Waals surface area contributed by atoms with Crippen LogP contribution < -0.4 is 5.32 Å². The third-order valence-electron chi connectivity index (χ3n) is 4.95. The zero-order valence-electron chi connectivity index (χ0n) is 15.7. The Labute approximate surface area is 163 Å². The van der Waals surface area contributed by atoms with Crippen LogP contribution in [0.1, 0.15) is 34.1 Å². The van der Waals surface area contributed by atoms with Gasteiger partial charge in [-0.25, -0.2) is 12.7 Å². The van der Waals surface area contributed by atoms with E-state index in [-0.39, 0.29) is 11.8 Å². The number of carbonyl (C=O) groups is 1. The lowest BCUT2D eigenvalue weighted by Gasteiger charge is -2.12. The van der Waals surface area contributed by atoms with Crippen LogP contribution in [0.4, 0.5) is 5.69 Å². The Bertz CT molecular complexity index is 1160. The Kier molecular flexibility index (Phi) is 4.64. The number of anilines is 1. The van der Waals surface area contributed by atoms with Gasteiger partial charge in [-0.2, -0.15) is 0 Å². The van der Waals surface area contributed by atoms with E-state index in [1.165, 1.54) is 10.6 Å². The summed E-state index contributed by atoms with van der Waals surface area (Å²) in [5.74, 6) is 0.391. The minimum atomic E-state index is -3.23. The molecule has 1 amide bonds. The molecule has 1 unspecified atom stereocenters. The second kappa shape index (κ2) is 6.99. The third kappa shape index (κ3) is 3.63. The fourth-order valence-corrected chi connectivity index (χ4v) is 4.38. The SMILES string of the molecule is Cc1cccc(NC(=O)c2ccc3nnc(C4CCN(S(C)(=O)=O)C4)n3c2)c1. The summed E-state index contributed by atoms with van der Waals surface area (Å²) >= 11 is 0. The summed E-state index contributed by atoms with van der Waals surface area (Å²) in [5.41, 5.74) is 2.90. The van der Waals surface area contributed by atoms with E-state index in [2.05, 4.69) is 15.5 Å². The highest BCUT2D eigenvalue weighted by Crippen LogP contribution is 2.28. The summed E-state index contributed by atoms with van der Waals surface area (Å²) < 4.78 is 26.8. The molecule has 0 bridgehead atoms. The number of carbonyl (C=O) groups excluding carboxylic acids is 1. The predicted octanol–water partition coefficient (Wildman–Crippen LogP) is 2.04. The molecule has 1 aliphatic rings. The van der Waals surface area contributed by atoms with Gasteiger partial charge >= 0.3 is 0 Å². The van der Waals surface area contributed by atoms with Crippen LogP contribution in [0.3, 0.4) is 0 Å². The zero-order chi connectivity index (χ0) is 19.9. The number of hydrogen-bond acceptors (Lipinski definition) is 5. The molecule has 0 spiro atoms. The molecule has 1 fully saturated rings. The monoisotopic (exact) mass is 399 g/mol. The van der Waals surface area contributed by atoms with Crippen molar-refractivity contribution in [3.63, 3.8) is 0 Å². The van der Waals surface area contributed by atoms with Gasteiger partial charge in [0.05, 0.1) is 11.8 Å². The van der Waals surface area contributed by atoms with Crippen molar-refractivity contribution in [2.24, 2.45) is 0 Å². The van der Waals surface area contributed by atoms with Gasteiger partial charge < -0.3 is 5.32 Å². The van der Waals surface area contributed by atoms with Crippen LogP contribution in [0, 0.1) is 6.92 Å². The van der Waals surface area contributed by atoms with Gasteiger partial charge in [0.25, 0.3) is 5.91 Å². The van der Waals surface area contributed by atoms with E-state index in [4.69, 9.17) is 0 Å². The van der Waals surface area contributed by atoms with Crippen molar-refractivity contribution in [2.75, 3.05) is 24.7 Å². The minimum Gasteiger partial charge on any atom is -0.322 e. The molecule has 4 rings (SSSR count). The molecule has 0 saturated carbocycles. The minimum absolute atomic E-state index is 0.0557. The molecule has 1 aliphatic heterocycles. The average Bonchev–Trinajstić information content (AvgIpc) is 3.27. The van der Waals surface area contributed by atoms with E-state index in [0.29, 0.717) is 36.5 Å². The van der Waals surface area contributed by atoms with Crippen LogP contribution in [-0.2, 0) is 10.0 Å². The van der Waals surface area contributed by atoms with Gasteiger partial charge in [-0.15, -0.1) is 10.2 Å². The van der Waals surface area contributed by atoms with E-state index < -0.39 is 10.0 Å². The number of aromatic nitrogens is 3.